The van der Waals surface area contributed by atoms with Gasteiger partial charge in [0, 0.05) is 19.2 Å². The van der Waals surface area contributed by atoms with E-state index in [1.807, 2.05) is 38.1 Å². The van der Waals surface area contributed by atoms with Gasteiger partial charge in [0.05, 0.1) is 6.04 Å². The van der Waals surface area contributed by atoms with E-state index in [1.165, 1.54) is 0 Å². The summed E-state index contributed by atoms with van der Waals surface area (Å²) in [5.74, 6) is 0.587. The van der Waals surface area contributed by atoms with Crippen LogP contribution in [0.4, 0.5) is 0 Å². The highest BCUT2D eigenvalue weighted by Gasteiger charge is 2.23. The number of amides is 1. The molecule has 0 radical (unpaired) electrons. The van der Waals surface area contributed by atoms with Crippen LogP contribution in [0.15, 0.2) is 29.3 Å². The van der Waals surface area contributed by atoms with E-state index in [0.29, 0.717) is 12.4 Å². The molecule has 0 saturated carbocycles. The summed E-state index contributed by atoms with van der Waals surface area (Å²) in [5.41, 5.74) is 7.65. The van der Waals surface area contributed by atoms with Crippen LogP contribution < -0.4 is 16.4 Å². The number of benzene rings is 1. The van der Waals surface area contributed by atoms with E-state index in [9.17, 15) is 4.79 Å². The Balaban J connectivity index is 0.000000956. The van der Waals surface area contributed by atoms with Crippen molar-refractivity contribution >= 4 is 11.7 Å². The maximum atomic E-state index is 11.6. The molecule has 1 aliphatic rings. The first-order chi connectivity index (χ1) is 9.70. The van der Waals surface area contributed by atoms with Crippen LogP contribution in [0.1, 0.15) is 31.4 Å². The fourth-order valence-electron chi connectivity index (χ4n) is 1.75. The molecule has 1 atom stereocenters. The van der Waals surface area contributed by atoms with Gasteiger partial charge in [0.2, 0.25) is 5.91 Å². The third-order valence-electron chi connectivity index (χ3n) is 3.10. The van der Waals surface area contributed by atoms with E-state index in [1.54, 1.807) is 7.05 Å². The van der Waals surface area contributed by atoms with Gasteiger partial charge in [-0.2, -0.15) is 0 Å². The summed E-state index contributed by atoms with van der Waals surface area (Å²) >= 11 is 0. The first kappa shape index (κ1) is 16.2. The molecule has 0 aromatic heterocycles. The molecule has 1 aromatic carbocycles. The highest BCUT2D eigenvalue weighted by molar-refractivity contribution is 5.97. The highest BCUT2D eigenvalue weighted by atomic mass is 16.2. The van der Waals surface area contributed by atoms with Crippen LogP contribution in [0, 0.1) is 0 Å². The van der Waals surface area contributed by atoms with Crippen molar-refractivity contribution in [1.29, 1.82) is 0 Å². The SMILES string of the molecule is CC.CN=C(N)c1ccc(CNC(=O)[C@@H]2CCN2)cc1. The summed E-state index contributed by atoms with van der Waals surface area (Å²) in [4.78, 5) is 15.5. The standard InChI is InChI=1S/C13H18N4O.C2H6/c1-15-12(14)10-4-2-9(3-5-10)8-17-13(18)11-6-7-16-11;1-2/h2-5,11,16H,6-8H2,1H3,(H2,14,15)(H,17,18);1-2H3/t11-;/m0./s1. The zero-order valence-electron chi connectivity index (χ0n) is 12.4. The van der Waals surface area contributed by atoms with Crippen molar-refractivity contribution in [1.82, 2.24) is 10.6 Å². The van der Waals surface area contributed by atoms with Crippen LogP contribution in [0.3, 0.4) is 0 Å². The minimum absolute atomic E-state index is 0.00728. The molecule has 0 unspecified atom stereocenters. The lowest BCUT2D eigenvalue weighted by molar-refractivity contribution is -0.124. The molecule has 110 valence electrons. The largest absolute Gasteiger partial charge is 0.384 e. The summed E-state index contributed by atoms with van der Waals surface area (Å²) in [5, 5.41) is 5.97. The number of nitrogens with zero attached hydrogens (tertiary/aromatic N) is 1. The second-order valence-electron chi connectivity index (χ2n) is 4.32. The van der Waals surface area contributed by atoms with Gasteiger partial charge in [-0.15, -0.1) is 0 Å². The molecule has 2 rings (SSSR count). The Labute approximate surface area is 120 Å². The summed E-state index contributed by atoms with van der Waals surface area (Å²) in [6.07, 6.45) is 0.925. The van der Waals surface area contributed by atoms with E-state index in [-0.39, 0.29) is 11.9 Å². The monoisotopic (exact) mass is 276 g/mol. The summed E-state index contributed by atoms with van der Waals surface area (Å²) in [7, 11) is 1.66. The van der Waals surface area contributed by atoms with Crippen molar-refractivity contribution in [2.24, 2.45) is 10.7 Å². The quantitative estimate of drug-likeness (QED) is 0.567. The van der Waals surface area contributed by atoms with Crippen LogP contribution in [-0.2, 0) is 11.3 Å². The smallest absolute Gasteiger partial charge is 0.237 e. The van der Waals surface area contributed by atoms with Crippen molar-refractivity contribution in [2.75, 3.05) is 13.6 Å². The first-order valence-electron chi connectivity index (χ1n) is 7.03. The van der Waals surface area contributed by atoms with Crippen molar-refractivity contribution in [2.45, 2.75) is 32.9 Å². The zero-order chi connectivity index (χ0) is 15.0. The topological polar surface area (TPSA) is 79.5 Å². The van der Waals surface area contributed by atoms with Crippen molar-refractivity contribution in [3.63, 3.8) is 0 Å². The molecule has 1 aliphatic heterocycles. The Morgan fingerprint density at radius 2 is 2.00 bits per heavy atom. The molecule has 1 amide bonds. The van der Waals surface area contributed by atoms with Crippen LogP contribution in [0.2, 0.25) is 0 Å². The fourth-order valence-corrected chi connectivity index (χ4v) is 1.75. The second kappa shape index (κ2) is 8.32. The fraction of sp³-hybridized carbons (Fsp3) is 0.467. The molecule has 4 N–H and O–H groups in total. The molecule has 20 heavy (non-hydrogen) atoms. The van der Waals surface area contributed by atoms with Crippen molar-refractivity contribution in [3.8, 4) is 0 Å². The highest BCUT2D eigenvalue weighted by Crippen LogP contribution is 2.05. The lowest BCUT2D eigenvalue weighted by atomic mass is 10.1. The molecule has 1 fully saturated rings. The Morgan fingerprint density at radius 3 is 2.45 bits per heavy atom. The lowest BCUT2D eigenvalue weighted by Gasteiger charge is -2.26. The molecule has 5 nitrogen and oxygen atoms in total. The van der Waals surface area contributed by atoms with Gasteiger partial charge < -0.3 is 16.4 Å². The number of hydrogen-bond donors (Lipinski definition) is 3. The summed E-state index contributed by atoms with van der Waals surface area (Å²) in [6.45, 7) is 5.48. The summed E-state index contributed by atoms with van der Waals surface area (Å²) < 4.78 is 0. The normalized spacial score (nSPS) is 17.6. The molecule has 0 bridgehead atoms. The molecule has 1 heterocycles. The number of aliphatic imine (C=N–C) groups is 1. The average molecular weight is 276 g/mol. The predicted octanol–water partition coefficient (Wildman–Crippen LogP) is 1.03. The Bertz CT molecular complexity index is 449. The number of hydrogen-bond acceptors (Lipinski definition) is 3. The Kier molecular flexibility index (Phi) is 6.73. The van der Waals surface area contributed by atoms with E-state index < -0.39 is 0 Å². The number of nitrogens with one attached hydrogen (secondary N) is 2. The molecular formula is C15H24N4O. The van der Waals surface area contributed by atoms with E-state index in [4.69, 9.17) is 5.73 Å². The number of carbonyl (C=O) groups excluding carboxylic acids is 1. The zero-order valence-corrected chi connectivity index (χ0v) is 12.4. The number of carbonyl (C=O) groups is 1. The minimum Gasteiger partial charge on any atom is -0.384 e. The molecular weight excluding hydrogens is 252 g/mol. The van der Waals surface area contributed by atoms with Gasteiger partial charge in [-0.25, -0.2) is 0 Å². The van der Waals surface area contributed by atoms with E-state index in [0.717, 1.165) is 24.1 Å². The minimum atomic E-state index is -0.00728. The number of amidine groups is 1. The predicted molar refractivity (Wildman–Crippen MR) is 82.7 cm³/mol. The molecule has 0 aliphatic carbocycles. The van der Waals surface area contributed by atoms with Crippen molar-refractivity contribution < 1.29 is 4.79 Å². The van der Waals surface area contributed by atoms with Crippen molar-refractivity contribution in [3.05, 3.63) is 35.4 Å². The van der Waals surface area contributed by atoms with Gasteiger partial charge in [-0.1, -0.05) is 38.1 Å². The van der Waals surface area contributed by atoms with Crippen LogP contribution in [0.5, 0.6) is 0 Å². The van der Waals surface area contributed by atoms with E-state index >= 15 is 0 Å². The van der Waals surface area contributed by atoms with Gasteiger partial charge in [-0.3, -0.25) is 9.79 Å². The molecule has 5 heteroatoms. The third kappa shape index (κ3) is 4.35. The molecule has 1 saturated heterocycles. The summed E-state index contributed by atoms with van der Waals surface area (Å²) in [6, 6.07) is 7.70. The van der Waals surface area contributed by atoms with Gasteiger partial charge >= 0.3 is 0 Å². The third-order valence-corrected chi connectivity index (χ3v) is 3.10. The number of rotatable bonds is 4. The molecule has 0 spiro atoms. The maximum absolute atomic E-state index is 11.6. The first-order valence-corrected chi connectivity index (χ1v) is 7.03. The maximum Gasteiger partial charge on any atom is 0.237 e. The lowest BCUT2D eigenvalue weighted by Crippen LogP contribution is -2.52. The van der Waals surface area contributed by atoms with Gasteiger partial charge in [0.25, 0.3) is 0 Å². The number of nitrogens with two attached hydrogens (primary N) is 1. The van der Waals surface area contributed by atoms with E-state index in [2.05, 4.69) is 15.6 Å². The second-order valence-corrected chi connectivity index (χ2v) is 4.32. The Hall–Kier alpha value is -1.88. The van der Waals surface area contributed by atoms with Crippen LogP contribution in [-0.4, -0.2) is 31.4 Å². The average Bonchev–Trinajstić information content (AvgIpc) is 2.45. The van der Waals surface area contributed by atoms with Crippen LogP contribution >= 0.6 is 0 Å². The van der Waals surface area contributed by atoms with Gasteiger partial charge in [0.15, 0.2) is 0 Å². The Morgan fingerprint density at radius 1 is 1.40 bits per heavy atom. The molecule has 1 aromatic rings. The van der Waals surface area contributed by atoms with Gasteiger partial charge in [-0.05, 0) is 18.5 Å². The van der Waals surface area contributed by atoms with Crippen LogP contribution in [0.25, 0.3) is 0 Å². The van der Waals surface area contributed by atoms with Gasteiger partial charge in [0.1, 0.15) is 5.84 Å².